The molecule has 182 valence electrons. The van der Waals surface area contributed by atoms with Crippen LogP contribution >= 0.6 is 11.9 Å². The first-order chi connectivity index (χ1) is 15.9. The normalized spacial score (nSPS) is 11.8. The average Bonchev–Trinajstić information content (AvgIpc) is 3.28. The summed E-state index contributed by atoms with van der Waals surface area (Å²) in [4.78, 5) is 23.0. The van der Waals surface area contributed by atoms with Crippen molar-refractivity contribution in [1.29, 1.82) is 0 Å². The Morgan fingerprint density at radius 1 is 1.21 bits per heavy atom. The number of ketones is 1. The van der Waals surface area contributed by atoms with Crippen LogP contribution in [0.1, 0.15) is 58.6 Å². The van der Waals surface area contributed by atoms with E-state index in [-0.39, 0.29) is 18.1 Å². The molecule has 1 heterocycles. The standard InChI is InChI=1S/C24H37N5O3S/c1-5-19(3)13-16-33-28(4)21-7-10-23(11-8-21)32-18-20-17-29(27-26-20)15-14-25-24(31)12-9-22(30)6-2/h7-8,10-11,17,19H,5-6,9,12-16,18H2,1-4H3,(H,25,31). The van der Waals surface area contributed by atoms with Crippen molar-refractivity contribution < 1.29 is 14.3 Å². The number of benzene rings is 1. The highest BCUT2D eigenvalue weighted by Gasteiger charge is 2.07. The van der Waals surface area contributed by atoms with E-state index in [1.54, 1.807) is 11.6 Å². The van der Waals surface area contributed by atoms with Crippen LogP contribution in [0.2, 0.25) is 0 Å². The Kier molecular flexibility index (Phi) is 11.8. The minimum atomic E-state index is -0.122. The second kappa shape index (κ2) is 14.6. The molecule has 0 fully saturated rings. The van der Waals surface area contributed by atoms with Gasteiger partial charge in [-0.3, -0.25) is 14.3 Å². The number of aromatic nitrogens is 3. The van der Waals surface area contributed by atoms with Gasteiger partial charge in [0.05, 0.1) is 12.7 Å². The second-order valence-corrected chi connectivity index (χ2v) is 9.34. The van der Waals surface area contributed by atoms with E-state index >= 15 is 0 Å². The van der Waals surface area contributed by atoms with Crippen LogP contribution in [0.15, 0.2) is 30.5 Å². The molecule has 0 radical (unpaired) electrons. The van der Waals surface area contributed by atoms with Gasteiger partial charge in [0, 0.05) is 44.3 Å². The van der Waals surface area contributed by atoms with E-state index in [1.165, 1.54) is 12.8 Å². The highest BCUT2D eigenvalue weighted by molar-refractivity contribution is 8.00. The number of Topliss-reactive ketones (excluding diaryl/α,β-unsaturated/α-hetero) is 1. The molecule has 0 saturated heterocycles. The van der Waals surface area contributed by atoms with Gasteiger partial charge in [0.15, 0.2) is 0 Å². The number of carbonyl (C=O) groups excluding carboxylic acids is 2. The van der Waals surface area contributed by atoms with E-state index in [1.807, 2.05) is 30.3 Å². The molecule has 1 aromatic carbocycles. The first-order valence-corrected chi connectivity index (χ1v) is 12.6. The largest absolute Gasteiger partial charge is 0.487 e. The SMILES string of the molecule is CCC(=O)CCC(=O)NCCn1cc(COc2ccc(N(C)SCCC(C)CC)cc2)nn1. The molecule has 2 rings (SSSR count). The molecule has 1 N–H and O–H groups in total. The minimum Gasteiger partial charge on any atom is -0.487 e. The average molecular weight is 476 g/mol. The van der Waals surface area contributed by atoms with Crippen LogP contribution in [0.5, 0.6) is 5.75 Å². The van der Waals surface area contributed by atoms with Crippen molar-refractivity contribution in [2.75, 3.05) is 23.7 Å². The Balaban J connectivity index is 1.69. The van der Waals surface area contributed by atoms with Gasteiger partial charge in [0.2, 0.25) is 5.91 Å². The smallest absolute Gasteiger partial charge is 0.220 e. The van der Waals surface area contributed by atoms with E-state index in [0.29, 0.717) is 32.5 Å². The van der Waals surface area contributed by atoms with Gasteiger partial charge in [-0.1, -0.05) is 44.4 Å². The molecule has 1 aromatic heterocycles. The maximum absolute atomic E-state index is 11.7. The molecule has 33 heavy (non-hydrogen) atoms. The Morgan fingerprint density at radius 3 is 2.67 bits per heavy atom. The van der Waals surface area contributed by atoms with Gasteiger partial charge in [0.1, 0.15) is 23.8 Å². The molecule has 1 amide bonds. The summed E-state index contributed by atoms with van der Waals surface area (Å²) in [6.07, 6.45) is 5.25. The van der Waals surface area contributed by atoms with Gasteiger partial charge in [-0.2, -0.15) is 0 Å². The Bertz CT molecular complexity index is 856. The molecule has 9 heteroatoms. The molecule has 0 spiro atoms. The maximum Gasteiger partial charge on any atom is 0.220 e. The van der Waals surface area contributed by atoms with E-state index < -0.39 is 0 Å². The number of hydrogen-bond acceptors (Lipinski definition) is 7. The van der Waals surface area contributed by atoms with Gasteiger partial charge in [0.25, 0.3) is 0 Å². The molecule has 1 unspecified atom stereocenters. The van der Waals surface area contributed by atoms with Crippen LogP contribution in [0.3, 0.4) is 0 Å². The summed E-state index contributed by atoms with van der Waals surface area (Å²) >= 11 is 1.84. The van der Waals surface area contributed by atoms with Crippen molar-refractivity contribution in [2.45, 2.75) is 66.0 Å². The monoisotopic (exact) mass is 475 g/mol. The van der Waals surface area contributed by atoms with Crippen molar-refractivity contribution in [2.24, 2.45) is 5.92 Å². The number of anilines is 1. The predicted octanol–water partition coefficient (Wildman–Crippen LogP) is 4.25. The van der Waals surface area contributed by atoms with Crippen molar-refractivity contribution in [1.82, 2.24) is 20.3 Å². The molecule has 8 nitrogen and oxygen atoms in total. The van der Waals surface area contributed by atoms with Crippen LogP contribution in [0.4, 0.5) is 5.69 Å². The fourth-order valence-electron chi connectivity index (χ4n) is 2.92. The zero-order valence-electron chi connectivity index (χ0n) is 20.2. The van der Waals surface area contributed by atoms with Crippen LogP contribution in [0.25, 0.3) is 0 Å². The summed E-state index contributed by atoms with van der Waals surface area (Å²) in [5, 5.41) is 11.0. The molecule has 0 aliphatic rings. The number of amides is 1. The van der Waals surface area contributed by atoms with Crippen molar-refractivity contribution >= 4 is 29.3 Å². The molecule has 1 atom stereocenters. The number of nitrogens with one attached hydrogen (secondary N) is 1. The zero-order valence-corrected chi connectivity index (χ0v) is 21.1. The molecule has 2 aromatic rings. The number of hydrogen-bond donors (Lipinski definition) is 1. The van der Waals surface area contributed by atoms with Crippen LogP contribution in [-0.4, -0.2) is 46.0 Å². The first-order valence-electron chi connectivity index (χ1n) is 11.7. The summed E-state index contributed by atoms with van der Waals surface area (Å²) in [6, 6.07) is 8.03. The lowest BCUT2D eigenvalue weighted by Gasteiger charge is -2.19. The fraction of sp³-hybridized carbons (Fsp3) is 0.583. The highest BCUT2D eigenvalue weighted by Crippen LogP contribution is 2.25. The Labute approximate surface area is 201 Å². The number of nitrogens with zero attached hydrogens (tertiary/aromatic N) is 4. The Hall–Kier alpha value is -2.55. The summed E-state index contributed by atoms with van der Waals surface area (Å²) < 4.78 is 9.70. The number of carbonyl (C=O) groups is 2. The molecular weight excluding hydrogens is 438 g/mol. The fourth-order valence-corrected chi connectivity index (χ4v) is 3.97. The van der Waals surface area contributed by atoms with E-state index in [2.05, 4.69) is 53.0 Å². The number of rotatable bonds is 16. The van der Waals surface area contributed by atoms with Crippen molar-refractivity contribution in [3.63, 3.8) is 0 Å². The third kappa shape index (κ3) is 10.3. The van der Waals surface area contributed by atoms with Crippen LogP contribution in [0, 0.1) is 5.92 Å². The molecule has 0 aliphatic heterocycles. The quantitative estimate of drug-likeness (QED) is 0.363. The second-order valence-electron chi connectivity index (χ2n) is 8.13. The number of ether oxygens (including phenoxy) is 1. The van der Waals surface area contributed by atoms with Gasteiger partial charge in [-0.05, 0) is 36.6 Å². The third-order valence-corrected chi connectivity index (χ3v) is 6.47. The lowest BCUT2D eigenvalue weighted by Crippen LogP contribution is -2.27. The lowest BCUT2D eigenvalue weighted by atomic mass is 10.1. The summed E-state index contributed by atoms with van der Waals surface area (Å²) in [5.41, 5.74) is 1.86. The van der Waals surface area contributed by atoms with Crippen LogP contribution < -0.4 is 14.4 Å². The van der Waals surface area contributed by atoms with Gasteiger partial charge in [-0.25, -0.2) is 0 Å². The minimum absolute atomic E-state index is 0.101. The highest BCUT2D eigenvalue weighted by atomic mass is 32.2. The van der Waals surface area contributed by atoms with Gasteiger partial charge in [-0.15, -0.1) is 5.10 Å². The van der Waals surface area contributed by atoms with Gasteiger partial charge >= 0.3 is 0 Å². The lowest BCUT2D eigenvalue weighted by molar-refractivity contribution is -0.125. The van der Waals surface area contributed by atoms with Crippen LogP contribution in [-0.2, 0) is 22.7 Å². The summed E-state index contributed by atoms with van der Waals surface area (Å²) in [6.45, 7) is 7.60. The summed E-state index contributed by atoms with van der Waals surface area (Å²) in [7, 11) is 2.09. The molecule has 0 aliphatic carbocycles. The van der Waals surface area contributed by atoms with E-state index in [0.717, 1.165) is 28.8 Å². The maximum atomic E-state index is 11.7. The molecule has 0 bridgehead atoms. The molecular formula is C24H37N5O3S. The third-order valence-electron chi connectivity index (χ3n) is 5.45. The molecule has 0 saturated carbocycles. The topological polar surface area (TPSA) is 89.4 Å². The van der Waals surface area contributed by atoms with Crippen molar-refractivity contribution in [3.05, 3.63) is 36.2 Å². The van der Waals surface area contributed by atoms with Crippen molar-refractivity contribution in [3.8, 4) is 5.75 Å². The predicted molar refractivity (Wildman–Crippen MR) is 133 cm³/mol. The summed E-state index contributed by atoms with van der Waals surface area (Å²) in [5.74, 6) is 2.63. The first kappa shape index (κ1) is 26.7. The Morgan fingerprint density at radius 2 is 1.97 bits per heavy atom. The van der Waals surface area contributed by atoms with E-state index in [4.69, 9.17) is 4.74 Å². The van der Waals surface area contributed by atoms with Gasteiger partial charge < -0.3 is 14.4 Å². The zero-order chi connectivity index (χ0) is 24.1. The van der Waals surface area contributed by atoms with E-state index in [9.17, 15) is 9.59 Å².